The first kappa shape index (κ1) is 31.2. The van der Waals surface area contributed by atoms with Gasteiger partial charge in [-0.1, -0.05) is 24.0 Å². The van der Waals surface area contributed by atoms with Gasteiger partial charge in [0.2, 0.25) is 0 Å². The Labute approximate surface area is 243 Å². The molecule has 2 N–H and O–H groups in total. The van der Waals surface area contributed by atoms with Gasteiger partial charge in [0, 0.05) is 24.4 Å². The third kappa shape index (κ3) is 7.77. The first-order valence-corrected chi connectivity index (χ1v) is 16.9. The van der Waals surface area contributed by atoms with E-state index in [0.717, 1.165) is 6.54 Å². The maximum Gasteiger partial charge on any atom is 0.393 e. The molecule has 2 heterocycles. The second kappa shape index (κ2) is 12.6. The van der Waals surface area contributed by atoms with Crippen molar-refractivity contribution in [3.63, 3.8) is 0 Å². The van der Waals surface area contributed by atoms with Crippen molar-refractivity contribution in [2.24, 2.45) is 0 Å². The molecule has 5 nitrogen and oxygen atoms in total. The van der Waals surface area contributed by atoms with E-state index in [1.54, 1.807) is 49.7 Å². The van der Waals surface area contributed by atoms with E-state index in [4.69, 9.17) is 4.74 Å². The van der Waals surface area contributed by atoms with Crippen LogP contribution in [0.3, 0.4) is 0 Å². The van der Waals surface area contributed by atoms with Crippen LogP contribution in [0.4, 0.5) is 28.9 Å². The number of thiophene rings is 1. The zero-order chi connectivity index (χ0) is 29.9. The number of halogens is 4. The lowest BCUT2D eigenvalue weighted by atomic mass is 10.0. The highest BCUT2D eigenvalue weighted by Gasteiger charge is 2.33. The Hall–Kier alpha value is -2.73. The number of nitrogens with zero attached hydrogens (tertiary/aromatic N) is 1. The van der Waals surface area contributed by atoms with Gasteiger partial charge < -0.3 is 19.9 Å². The zero-order valence-corrected chi connectivity index (χ0v) is 25.6. The molecule has 3 aromatic rings. The first-order chi connectivity index (χ1) is 19.3. The van der Waals surface area contributed by atoms with E-state index in [9.17, 15) is 17.7 Å². The fraction of sp³-hybridized carbons (Fsp3) is 0.467. The van der Waals surface area contributed by atoms with Crippen LogP contribution in [0.5, 0.6) is 5.75 Å². The highest BCUT2D eigenvalue weighted by Crippen LogP contribution is 2.40. The van der Waals surface area contributed by atoms with Crippen molar-refractivity contribution >= 4 is 45.2 Å². The van der Waals surface area contributed by atoms with Gasteiger partial charge in [-0.15, -0.1) is 11.3 Å². The summed E-state index contributed by atoms with van der Waals surface area (Å²) in [7, 11) is -0.957. The third-order valence-corrected chi connectivity index (χ3v) is 9.93. The number of hydrogen-bond donors (Lipinski definition) is 2. The Morgan fingerprint density at radius 2 is 1.95 bits per heavy atom. The standard InChI is InChI=1S/C30H36F4N3O2PS/c1-19(2)37-15-13-24(23(31)18-37)36-26-9-6-8-21-22(17-30(32,33)34)28(41-29(21)26)10-7-14-35-25-12-11-20(40(4,5)38)16-27(25)39-3/h6,8-9,11-12,16,19,23-24,35-36H,13-15,17-18H2,1-5H3. The molecule has 0 saturated carbocycles. The number of methoxy groups -OCH3 is 1. The van der Waals surface area contributed by atoms with Crippen LogP contribution < -0.4 is 20.7 Å². The summed E-state index contributed by atoms with van der Waals surface area (Å²) in [6.07, 6.45) is -6.00. The van der Waals surface area contributed by atoms with Crippen LogP contribution in [0, 0.1) is 11.8 Å². The SMILES string of the molecule is COc1cc(P(C)(C)=O)ccc1NCC#Cc1sc2c(NC3CCN(C(C)C)CC3F)cccc2c1CC(F)(F)F. The van der Waals surface area contributed by atoms with Crippen LogP contribution in [0.1, 0.15) is 30.7 Å². The number of fused-ring (bicyclic) bond motifs is 1. The quantitative estimate of drug-likeness (QED) is 0.164. The number of rotatable bonds is 8. The summed E-state index contributed by atoms with van der Waals surface area (Å²) >= 11 is 1.19. The zero-order valence-electron chi connectivity index (χ0n) is 23.9. The summed E-state index contributed by atoms with van der Waals surface area (Å²) in [4.78, 5) is 2.42. The van der Waals surface area contributed by atoms with Gasteiger partial charge in [-0.25, -0.2) is 4.39 Å². The molecule has 1 aliphatic rings. The molecule has 2 atom stereocenters. The van der Waals surface area contributed by atoms with Gasteiger partial charge in [-0.2, -0.15) is 13.2 Å². The average molecular weight is 610 g/mol. The summed E-state index contributed by atoms with van der Waals surface area (Å²) in [6, 6.07) is 10.2. The van der Waals surface area contributed by atoms with E-state index < -0.39 is 32.0 Å². The minimum absolute atomic E-state index is 0.128. The summed E-state index contributed by atoms with van der Waals surface area (Å²) in [5.41, 5.74) is 1.40. The van der Waals surface area contributed by atoms with Crippen molar-refractivity contribution in [3.05, 3.63) is 46.8 Å². The molecule has 0 aliphatic carbocycles. The molecule has 1 fully saturated rings. The number of anilines is 2. The first-order valence-electron chi connectivity index (χ1n) is 13.5. The Bertz CT molecular complexity index is 1490. The van der Waals surface area contributed by atoms with Crippen molar-refractivity contribution < 1.29 is 26.9 Å². The smallest absolute Gasteiger partial charge is 0.393 e. The summed E-state index contributed by atoms with van der Waals surface area (Å²) in [5, 5.41) is 7.58. The lowest BCUT2D eigenvalue weighted by Gasteiger charge is -2.37. The number of alkyl halides is 4. The molecule has 0 spiro atoms. The van der Waals surface area contributed by atoms with Crippen LogP contribution in [-0.2, 0) is 11.0 Å². The second-order valence-corrected chi connectivity index (χ2v) is 15.2. The predicted octanol–water partition coefficient (Wildman–Crippen LogP) is 6.96. The Kier molecular flexibility index (Phi) is 9.63. The lowest BCUT2D eigenvalue weighted by Crippen LogP contribution is -2.50. The molecule has 4 rings (SSSR count). The summed E-state index contributed by atoms with van der Waals surface area (Å²) in [6.45, 7) is 8.66. The number of nitrogens with one attached hydrogen (secondary N) is 2. The molecule has 1 aromatic heterocycles. The van der Waals surface area contributed by atoms with Crippen molar-refractivity contribution in [1.82, 2.24) is 4.90 Å². The number of hydrogen-bond acceptors (Lipinski definition) is 6. The molecular formula is C30H36F4N3O2PS. The van der Waals surface area contributed by atoms with Crippen molar-refractivity contribution in [2.45, 2.75) is 51.1 Å². The number of ether oxygens (including phenoxy) is 1. The normalized spacial score (nSPS) is 18.3. The third-order valence-electron chi connectivity index (χ3n) is 7.22. The number of benzene rings is 2. The van der Waals surface area contributed by atoms with Gasteiger partial charge in [0.15, 0.2) is 0 Å². The summed E-state index contributed by atoms with van der Waals surface area (Å²) < 4.78 is 74.3. The molecule has 0 amide bonds. The van der Waals surface area contributed by atoms with Crippen molar-refractivity contribution in [3.8, 4) is 17.6 Å². The topological polar surface area (TPSA) is 53.6 Å². The fourth-order valence-electron chi connectivity index (χ4n) is 4.95. The molecule has 2 aromatic carbocycles. The van der Waals surface area contributed by atoms with Gasteiger partial charge in [0.1, 0.15) is 19.1 Å². The number of likely N-dealkylation sites (tertiary alicyclic amines) is 1. The van der Waals surface area contributed by atoms with Crippen LogP contribution >= 0.6 is 18.5 Å². The number of piperidine rings is 1. The molecule has 0 radical (unpaired) electrons. The van der Waals surface area contributed by atoms with Crippen LogP contribution in [-0.4, -0.2) is 69.4 Å². The van der Waals surface area contributed by atoms with Gasteiger partial charge in [0.25, 0.3) is 0 Å². The van der Waals surface area contributed by atoms with Gasteiger partial charge in [-0.3, -0.25) is 4.90 Å². The lowest BCUT2D eigenvalue weighted by molar-refractivity contribution is -0.126. The molecule has 41 heavy (non-hydrogen) atoms. The van der Waals surface area contributed by atoms with Gasteiger partial charge >= 0.3 is 6.18 Å². The Morgan fingerprint density at radius 1 is 1.20 bits per heavy atom. The predicted molar refractivity (Wildman–Crippen MR) is 163 cm³/mol. The fourth-order valence-corrected chi connectivity index (χ4v) is 6.98. The molecule has 11 heteroatoms. The molecule has 2 unspecified atom stereocenters. The molecule has 0 bridgehead atoms. The Balaban J connectivity index is 1.59. The molecule has 222 valence electrons. The van der Waals surface area contributed by atoms with E-state index >= 15 is 4.39 Å². The van der Waals surface area contributed by atoms with E-state index in [1.807, 2.05) is 13.8 Å². The average Bonchev–Trinajstić information content (AvgIpc) is 3.23. The van der Waals surface area contributed by atoms with E-state index in [2.05, 4.69) is 27.4 Å². The highest BCUT2D eigenvalue weighted by molar-refractivity contribution is 7.70. The van der Waals surface area contributed by atoms with E-state index in [-0.39, 0.29) is 18.2 Å². The van der Waals surface area contributed by atoms with Crippen molar-refractivity contribution in [1.29, 1.82) is 0 Å². The van der Waals surface area contributed by atoms with Gasteiger partial charge in [-0.05, 0) is 68.8 Å². The van der Waals surface area contributed by atoms with Crippen LogP contribution in [0.15, 0.2) is 36.4 Å². The molecule has 1 saturated heterocycles. The Morgan fingerprint density at radius 3 is 2.59 bits per heavy atom. The summed E-state index contributed by atoms with van der Waals surface area (Å²) in [5.74, 6) is 6.39. The largest absolute Gasteiger partial charge is 0.495 e. The minimum Gasteiger partial charge on any atom is -0.495 e. The molecule has 1 aliphatic heterocycles. The van der Waals surface area contributed by atoms with Gasteiger partial charge in [0.05, 0.1) is 47.1 Å². The second-order valence-electron chi connectivity index (χ2n) is 10.9. The van der Waals surface area contributed by atoms with Crippen molar-refractivity contribution in [2.75, 3.05) is 50.7 Å². The maximum absolute atomic E-state index is 15.0. The highest BCUT2D eigenvalue weighted by atomic mass is 32.1. The monoisotopic (exact) mass is 609 g/mol. The van der Waals surface area contributed by atoms with E-state index in [1.165, 1.54) is 18.4 Å². The molecular weight excluding hydrogens is 573 g/mol. The maximum atomic E-state index is 15.0. The minimum atomic E-state index is -4.41. The van der Waals surface area contributed by atoms with E-state index in [0.29, 0.717) is 50.4 Å². The van der Waals surface area contributed by atoms with Crippen LogP contribution in [0.25, 0.3) is 10.1 Å². The van der Waals surface area contributed by atoms with Crippen LogP contribution in [0.2, 0.25) is 0 Å².